The van der Waals surface area contributed by atoms with Gasteiger partial charge in [0.25, 0.3) is 0 Å². The van der Waals surface area contributed by atoms with Crippen molar-refractivity contribution in [1.82, 2.24) is 5.32 Å². The van der Waals surface area contributed by atoms with Gasteiger partial charge in [-0.1, -0.05) is 47.5 Å². The Kier molecular flexibility index (Phi) is 6.28. The molecular weight excluding hydrogens is 290 g/mol. The van der Waals surface area contributed by atoms with Crippen LogP contribution in [0, 0.1) is 13.8 Å². The van der Waals surface area contributed by atoms with Crippen LogP contribution in [0.1, 0.15) is 16.7 Å². The number of rotatable bonds is 6. The van der Waals surface area contributed by atoms with E-state index < -0.39 is 0 Å². The van der Waals surface area contributed by atoms with Crippen LogP contribution in [-0.4, -0.2) is 18.2 Å². The van der Waals surface area contributed by atoms with E-state index in [0.29, 0.717) is 6.54 Å². The van der Waals surface area contributed by atoms with E-state index in [1.54, 1.807) is 17.8 Å². The van der Waals surface area contributed by atoms with E-state index in [9.17, 15) is 4.79 Å². The summed E-state index contributed by atoms with van der Waals surface area (Å²) >= 11 is 1.75. The van der Waals surface area contributed by atoms with Crippen molar-refractivity contribution >= 4 is 23.7 Å². The average molecular weight is 311 g/mol. The highest BCUT2D eigenvalue weighted by Gasteiger charge is 1.97. The summed E-state index contributed by atoms with van der Waals surface area (Å²) in [5.41, 5.74) is 3.52. The first-order chi connectivity index (χ1) is 10.6. The SMILES string of the molecule is Cc1ccc(/C=C/C(=O)NCCSc2ccc(C)cc2)cc1. The first-order valence-electron chi connectivity index (χ1n) is 7.35. The topological polar surface area (TPSA) is 29.1 Å². The highest BCUT2D eigenvalue weighted by molar-refractivity contribution is 7.99. The molecule has 2 aromatic rings. The van der Waals surface area contributed by atoms with Crippen LogP contribution in [0.15, 0.2) is 59.5 Å². The Hall–Kier alpha value is -2.00. The predicted octanol–water partition coefficient (Wildman–Crippen LogP) is 4.23. The van der Waals surface area contributed by atoms with Gasteiger partial charge in [0.05, 0.1) is 0 Å². The molecule has 0 aromatic heterocycles. The first-order valence-corrected chi connectivity index (χ1v) is 8.34. The van der Waals surface area contributed by atoms with Gasteiger partial charge in [-0.25, -0.2) is 0 Å². The van der Waals surface area contributed by atoms with Gasteiger partial charge in [0.15, 0.2) is 0 Å². The van der Waals surface area contributed by atoms with Crippen LogP contribution < -0.4 is 5.32 Å². The van der Waals surface area contributed by atoms with Gasteiger partial charge >= 0.3 is 0 Å². The van der Waals surface area contributed by atoms with E-state index in [1.807, 2.05) is 37.3 Å². The summed E-state index contributed by atoms with van der Waals surface area (Å²) in [4.78, 5) is 13.0. The molecule has 0 heterocycles. The number of hydrogen-bond acceptors (Lipinski definition) is 2. The lowest BCUT2D eigenvalue weighted by molar-refractivity contribution is -0.116. The number of thioether (sulfide) groups is 1. The third kappa shape index (κ3) is 5.78. The van der Waals surface area contributed by atoms with E-state index in [1.165, 1.54) is 16.0 Å². The van der Waals surface area contributed by atoms with Gasteiger partial charge in [0.2, 0.25) is 5.91 Å². The van der Waals surface area contributed by atoms with Crippen molar-refractivity contribution in [3.05, 3.63) is 71.3 Å². The Morgan fingerprint density at radius 1 is 1.00 bits per heavy atom. The summed E-state index contributed by atoms with van der Waals surface area (Å²) in [6.45, 7) is 4.79. The maximum Gasteiger partial charge on any atom is 0.244 e. The molecule has 0 unspecified atom stereocenters. The minimum atomic E-state index is -0.0509. The molecule has 0 fully saturated rings. The van der Waals surface area contributed by atoms with Gasteiger partial charge < -0.3 is 5.32 Å². The number of benzene rings is 2. The van der Waals surface area contributed by atoms with Gasteiger partial charge in [0, 0.05) is 23.3 Å². The molecule has 0 saturated heterocycles. The maximum absolute atomic E-state index is 11.7. The highest BCUT2D eigenvalue weighted by Crippen LogP contribution is 2.17. The number of aryl methyl sites for hydroxylation is 2. The molecule has 0 atom stereocenters. The summed E-state index contributed by atoms with van der Waals surface area (Å²) in [6.07, 6.45) is 3.42. The van der Waals surface area contributed by atoms with E-state index >= 15 is 0 Å². The minimum absolute atomic E-state index is 0.0509. The van der Waals surface area contributed by atoms with Crippen molar-refractivity contribution in [3.8, 4) is 0 Å². The zero-order chi connectivity index (χ0) is 15.8. The van der Waals surface area contributed by atoms with Crippen LogP contribution in [0.25, 0.3) is 6.08 Å². The van der Waals surface area contributed by atoms with Crippen LogP contribution in [0.4, 0.5) is 0 Å². The third-order valence-corrected chi connectivity index (χ3v) is 4.21. The second-order valence-corrected chi connectivity index (χ2v) is 6.36. The standard InChI is InChI=1S/C19H21NOS/c1-15-3-7-17(8-4-15)9-12-19(21)20-13-14-22-18-10-5-16(2)6-11-18/h3-12H,13-14H2,1-2H3,(H,20,21)/b12-9+. The van der Waals surface area contributed by atoms with Gasteiger partial charge in [0.1, 0.15) is 0 Å². The normalized spacial score (nSPS) is 10.8. The van der Waals surface area contributed by atoms with Crippen LogP contribution in [-0.2, 0) is 4.79 Å². The molecular formula is C19H21NOS. The molecule has 0 radical (unpaired) electrons. The Morgan fingerprint density at radius 2 is 1.59 bits per heavy atom. The molecule has 2 nitrogen and oxygen atoms in total. The first kappa shape index (κ1) is 16.4. The second-order valence-electron chi connectivity index (χ2n) is 5.20. The lowest BCUT2D eigenvalue weighted by Gasteiger charge is -2.03. The summed E-state index contributed by atoms with van der Waals surface area (Å²) in [6, 6.07) is 16.5. The molecule has 22 heavy (non-hydrogen) atoms. The van der Waals surface area contributed by atoms with Crippen LogP contribution in [0.3, 0.4) is 0 Å². The Labute approximate surface area is 136 Å². The second kappa shape index (κ2) is 8.44. The van der Waals surface area contributed by atoms with Crippen molar-refractivity contribution < 1.29 is 4.79 Å². The zero-order valence-corrected chi connectivity index (χ0v) is 13.8. The van der Waals surface area contributed by atoms with E-state index in [-0.39, 0.29) is 5.91 Å². The molecule has 0 aliphatic rings. The fourth-order valence-electron chi connectivity index (χ4n) is 1.89. The quantitative estimate of drug-likeness (QED) is 0.491. The van der Waals surface area contributed by atoms with E-state index in [4.69, 9.17) is 0 Å². The van der Waals surface area contributed by atoms with Crippen LogP contribution in [0.2, 0.25) is 0 Å². The van der Waals surface area contributed by atoms with E-state index in [0.717, 1.165) is 11.3 Å². The zero-order valence-electron chi connectivity index (χ0n) is 13.0. The molecule has 0 aliphatic heterocycles. The average Bonchev–Trinajstić information content (AvgIpc) is 2.53. The molecule has 0 aliphatic carbocycles. The minimum Gasteiger partial charge on any atom is -0.352 e. The molecule has 0 spiro atoms. The smallest absolute Gasteiger partial charge is 0.244 e. The Bertz CT molecular complexity index is 629. The predicted molar refractivity (Wildman–Crippen MR) is 95.1 cm³/mol. The van der Waals surface area contributed by atoms with Gasteiger partial charge in [-0.15, -0.1) is 11.8 Å². The maximum atomic E-state index is 11.7. The summed E-state index contributed by atoms with van der Waals surface area (Å²) in [7, 11) is 0. The number of hydrogen-bond donors (Lipinski definition) is 1. The summed E-state index contributed by atoms with van der Waals surface area (Å²) in [5, 5.41) is 2.90. The fraction of sp³-hybridized carbons (Fsp3) is 0.211. The molecule has 2 aromatic carbocycles. The van der Waals surface area contributed by atoms with Gasteiger partial charge in [-0.3, -0.25) is 4.79 Å². The molecule has 2 rings (SSSR count). The molecule has 0 saturated carbocycles. The Balaban J connectivity index is 1.69. The lowest BCUT2D eigenvalue weighted by atomic mass is 10.1. The Morgan fingerprint density at radius 3 is 2.23 bits per heavy atom. The van der Waals surface area contributed by atoms with Gasteiger partial charge in [-0.2, -0.15) is 0 Å². The van der Waals surface area contributed by atoms with Crippen LogP contribution in [0.5, 0.6) is 0 Å². The number of amides is 1. The van der Waals surface area contributed by atoms with Crippen molar-refractivity contribution in [3.63, 3.8) is 0 Å². The summed E-state index contributed by atoms with van der Waals surface area (Å²) in [5.74, 6) is 0.817. The van der Waals surface area contributed by atoms with Crippen molar-refractivity contribution in [2.75, 3.05) is 12.3 Å². The van der Waals surface area contributed by atoms with Crippen LogP contribution >= 0.6 is 11.8 Å². The number of carbonyl (C=O) groups is 1. The monoisotopic (exact) mass is 311 g/mol. The van der Waals surface area contributed by atoms with E-state index in [2.05, 4.69) is 36.5 Å². The summed E-state index contributed by atoms with van der Waals surface area (Å²) < 4.78 is 0. The molecule has 1 N–H and O–H groups in total. The largest absolute Gasteiger partial charge is 0.352 e. The number of nitrogens with one attached hydrogen (secondary N) is 1. The van der Waals surface area contributed by atoms with Crippen molar-refractivity contribution in [1.29, 1.82) is 0 Å². The third-order valence-electron chi connectivity index (χ3n) is 3.20. The molecule has 3 heteroatoms. The molecule has 0 bridgehead atoms. The fourth-order valence-corrected chi connectivity index (χ4v) is 2.65. The lowest BCUT2D eigenvalue weighted by Crippen LogP contribution is -2.23. The van der Waals surface area contributed by atoms with Gasteiger partial charge in [-0.05, 0) is 37.6 Å². The molecule has 114 valence electrons. The van der Waals surface area contributed by atoms with Crippen molar-refractivity contribution in [2.24, 2.45) is 0 Å². The highest BCUT2D eigenvalue weighted by atomic mass is 32.2. The number of carbonyl (C=O) groups excluding carboxylic acids is 1. The molecule has 1 amide bonds. The van der Waals surface area contributed by atoms with Crippen molar-refractivity contribution in [2.45, 2.75) is 18.7 Å².